The van der Waals surface area contributed by atoms with Crippen LogP contribution in [0.5, 0.6) is 0 Å². The molecular weight excluding hydrogens is 270 g/mol. The Morgan fingerprint density at radius 3 is 2.14 bits per heavy atom. The molecule has 1 aliphatic rings. The predicted octanol–water partition coefficient (Wildman–Crippen LogP) is 3.52. The van der Waals surface area contributed by atoms with Gasteiger partial charge in [-0.2, -0.15) is 0 Å². The second-order valence-corrected chi connectivity index (χ2v) is 8.23. The Morgan fingerprint density at radius 1 is 1.24 bits per heavy atom. The monoisotopic (exact) mass is 299 g/mol. The predicted molar refractivity (Wildman–Crippen MR) is 81.2 cm³/mol. The fraction of sp³-hybridized carbons (Fsp3) is 0.875. The van der Waals surface area contributed by atoms with Gasteiger partial charge in [-0.05, 0) is 51.4 Å². The molecule has 1 amide bonds. The van der Waals surface area contributed by atoms with Crippen LogP contribution in [-0.4, -0.2) is 40.3 Å². The summed E-state index contributed by atoms with van der Waals surface area (Å²) in [6, 6.07) is 0. The Kier molecular flexibility index (Phi) is 4.66. The van der Waals surface area contributed by atoms with Gasteiger partial charge in [-0.25, -0.2) is 9.59 Å². The maximum absolute atomic E-state index is 12.3. The van der Waals surface area contributed by atoms with E-state index in [1.54, 1.807) is 20.8 Å². The number of hydrogen-bond acceptors (Lipinski definition) is 3. The minimum Gasteiger partial charge on any atom is -0.479 e. The summed E-state index contributed by atoms with van der Waals surface area (Å²) in [6.45, 7) is 11.5. The van der Waals surface area contributed by atoms with Crippen molar-refractivity contribution in [2.45, 2.75) is 71.9 Å². The summed E-state index contributed by atoms with van der Waals surface area (Å²) in [6.07, 6.45) is 1.29. The number of likely N-dealkylation sites (N-methyl/N-ethyl adjacent to an activating group) is 1. The van der Waals surface area contributed by atoms with Crippen molar-refractivity contribution in [1.82, 2.24) is 4.90 Å². The second-order valence-electron chi connectivity index (χ2n) is 8.23. The van der Waals surface area contributed by atoms with Crippen LogP contribution in [0.25, 0.3) is 0 Å². The van der Waals surface area contributed by atoms with Crippen LogP contribution in [0.1, 0.15) is 60.8 Å². The number of amides is 1. The number of aliphatic carboxylic acids is 1. The van der Waals surface area contributed by atoms with Gasteiger partial charge in [-0.3, -0.25) is 4.90 Å². The van der Waals surface area contributed by atoms with Gasteiger partial charge in [0.2, 0.25) is 0 Å². The van der Waals surface area contributed by atoms with Crippen molar-refractivity contribution in [3.05, 3.63) is 0 Å². The molecule has 1 fully saturated rings. The van der Waals surface area contributed by atoms with E-state index in [2.05, 4.69) is 13.8 Å². The molecule has 0 saturated heterocycles. The topological polar surface area (TPSA) is 66.8 Å². The molecule has 0 aromatic carbocycles. The van der Waals surface area contributed by atoms with Crippen molar-refractivity contribution in [1.29, 1.82) is 0 Å². The smallest absolute Gasteiger partial charge is 0.410 e. The van der Waals surface area contributed by atoms with Crippen LogP contribution >= 0.6 is 0 Å². The molecule has 1 saturated carbocycles. The van der Waals surface area contributed by atoms with Crippen LogP contribution in [0, 0.1) is 11.3 Å². The Balaban J connectivity index is 3.11. The molecule has 0 heterocycles. The summed E-state index contributed by atoms with van der Waals surface area (Å²) in [5.74, 6) is -0.703. The number of hydrogen-bond donors (Lipinski definition) is 1. The summed E-state index contributed by atoms with van der Waals surface area (Å²) >= 11 is 0. The van der Waals surface area contributed by atoms with Crippen LogP contribution in [0.4, 0.5) is 4.79 Å². The highest BCUT2D eigenvalue weighted by Gasteiger charge is 2.53. The third-order valence-corrected chi connectivity index (χ3v) is 4.07. The van der Waals surface area contributed by atoms with Gasteiger partial charge in [0.25, 0.3) is 0 Å². The van der Waals surface area contributed by atoms with Gasteiger partial charge in [-0.15, -0.1) is 0 Å². The summed E-state index contributed by atoms with van der Waals surface area (Å²) < 4.78 is 5.35. The largest absolute Gasteiger partial charge is 0.479 e. The zero-order valence-electron chi connectivity index (χ0n) is 14.3. The van der Waals surface area contributed by atoms with E-state index in [1.165, 1.54) is 11.9 Å². The molecule has 2 atom stereocenters. The molecular formula is C16H29NO4. The first-order valence-corrected chi connectivity index (χ1v) is 7.49. The van der Waals surface area contributed by atoms with E-state index in [0.717, 1.165) is 6.42 Å². The highest BCUT2D eigenvalue weighted by atomic mass is 16.6. The van der Waals surface area contributed by atoms with Gasteiger partial charge in [0.05, 0.1) is 0 Å². The van der Waals surface area contributed by atoms with Crippen molar-refractivity contribution in [3.63, 3.8) is 0 Å². The molecule has 5 nitrogen and oxygen atoms in total. The molecule has 5 heteroatoms. The molecule has 2 unspecified atom stereocenters. The zero-order valence-corrected chi connectivity index (χ0v) is 14.3. The third-order valence-electron chi connectivity index (χ3n) is 4.07. The summed E-state index contributed by atoms with van der Waals surface area (Å²) in [5, 5.41) is 9.81. The first-order valence-electron chi connectivity index (χ1n) is 7.49. The minimum atomic E-state index is -1.19. The number of carbonyl (C=O) groups is 2. The Labute approximate surface area is 127 Å². The van der Waals surface area contributed by atoms with E-state index < -0.39 is 23.2 Å². The first-order chi connectivity index (χ1) is 9.29. The van der Waals surface area contributed by atoms with Crippen molar-refractivity contribution in [2.24, 2.45) is 11.3 Å². The molecule has 21 heavy (non-hydrogen) atoms. The van der Waals surface area contributed by atoms with Crippen molar-refractivity contribution in [2.75, 3.05) is 7.05 Å². The van der Waals surface area contributed by atoms with E-state index >= 15 is 0 Å². The zero-order chi connectivity index (χ0) is 16.6. The van der Waals surface area contributed by atoms with Crippen molar-refractivity contribution >= 4 is 12.1 Å². The SMILES string of the molecule is CC1CC(C)(C)CC(C(=O)O)(N(C)C(=O)OC(C)(C)C)C1. The van der Waals surface area contributed by atoms with Crippen molar-refractivity contribution < 1.29 is 19.4 Å². The van der Waals surface area contributed by atoms with E-state index in [9.17, 15) is 14.7 Å². The molecule has 0 bridgehead atoms. The Bertz CT molecular complexity index is 424. The maximum atomic E-state index is 12.3. The number of carboxylic acid groups (broad SMARTS) is 1. The molecule has 0 aliphatic heterocycles. The molecule has 0 spiro atoms. The van der Waals surface area contributed by atoms with Gasteiger partial charge >= 0.3 is 12.1 Å². The minimum absolute atomic E-state index is 0.119. The van der Waals surface area contributed by atoms with Crippen LogP contribution in [0.15, 0.2) is 0 Å². The number of carboxylic acids is 1. The average Bonchev–Trinajstić information content (AvgIpc) is 2.22. The molecule has 1 rings (SSSR count). The van der Waals surface area contributed by atoms with Gasteiger partial charge in [0, 0.05) is 7.05 Å². The number of carbonyl (C=O) groups excluding carboxylic acids is 1. The van der Waals surface area contributed by atoms with Gasteiger partial charge in [0.15, 0.2) is 0 Å². The van der Waals surface area contributed by atoms with E-state index in [4.69, 9.17) is 4.74 Å². The van der Waals surface area contributed by atoms with Gasteiger partial charge < -0.3 is 9.84 Å². The lowest BCUT2D eigenvalue weighted by atomic mass is 9.63. The van der Waals surface area contributed by atoms with Crippen LogP contribution in [0.2, 0.25) is 0 Å². The van der Waals surface area contributed by atoms with Crippen LogP contribution in [-0.2, 0) is 9.53 Å². The molecule has 0 aromatic heterocycles. The normalized spacial score (nSPS) is 28.8. The fourth-order valence-electron chi connectivity index (χ4n) is 3.60. The summed E-state index contributed by atoms with van der Waals surface area (Å²) in [7, 11) is 1.54. The fourth-order valence-corrected chi connectivity index (χ4v) is 3.60. The lowest BCUT2D eigenvalue weighted by molar-refractivity contribution is -0.157. The van der Waals surface area contributed by atoms with Gasteiger partial charge in [-0.1, -0.05) is 20.8 Å². The highest BCUT2D eigenvalue weighted by Crippen LogP contribution is 2.46. The standard InChI is InChI=1S/C16H29NO4/c1-11-8-15(5,6)10-16(9-11,12(18)19)17(7)13(20)21-14(2,3)4/h11H,8-10H2,1-7H3,(H,18,19). The molecule has 0 aromatic rings. The Morgan fingerprint density at radius 2 is 1.76 bits per heavy atom. The lowest BCUT2D eigenvalue weighted by Gasteiger charge is -2.49. The first kappa shape index (κ1) is 17.8. The quantitative estimate of drug-likeness (QED) is 0.847. The molecule has 1 aliphatic carbocycles. The highest BCUT2D eigenvalue weighted by molar-refractivity contribution is 5.84. The van der Waals surface area contributed by atoms with E-state index in [1.807, 2.05) is 6.92 Å². The molecule has 1 N–H and O–H groups in total. The van der Waals surface area contributed by atoms with Crippen LogP contribution in [0.3, 0.4) is 0 Å². The number of ether oxygens (including phenoxy) is 1. The van der Waals surface area contributed by atoms with Crippen molar-refractivity contribution in [3.8, 4) is 0 Å². The number of nitrogens with zero attached hydrogens (tertiary/aromatic N) is 1. The molecule has 122 valence electrons. The lowest BCUT2D eigenvalue weighted by Crippen LogP contribution is -2.60. The maximum Gasteiger partial charge on any atom is 0.410 e. The second kappa shape index (κ2) is 5.50. The van der Waals surface area contributed by atoms with Crippen LogP contribution < -0.4 is 0 Å². The summed E-state index contributed by atoms with van der Waals surface area (Å²) in [4.78, 5) is 25.6. The third kappa shape index (κ3) is 4.11. The molecule has 0 radical (unpaired) electrons. The van der Waals surface area contributed by atoms with Gasteiger partial charge in [0.1, 0.15) is 11.1 Å². The average molecular weight is 299 g/mol. The van der Waals surface area contributed by atoms with E-state index in [-0.39, 0.29) is 11.3 Å². The summed E-state index contributed by atoms with van der Waals surface area (Å²) in [5.41, 5.74) is -1.95. The Hall–Kier alpha value is -1.26. The number of rotatable bonds is 2. The van der Waals surface area contributed by atoms with E-state index in [0.29, 0.717) is 12.8 Å².